The average molecular weight is 341 g/mol. The van der Waals surface area contributed by atoms with Gasteiger partial charge in [0.1, 0.15) is 11.4 Å². The molecule has 2 aromatic rings. The summed E-state index contributed by atoms with van der Waals surface area (Å²) in [5.74, 6) is 2.75. The molecule has 2 saturated carbocycles. The lowest BCUT2D eigenvalue weighted by atomic mass is 9.97. The van der Waals surface area contributed by atoms with E-state index in [-0.39, 0.29) is 5.41 Å². The number of pyridine rings is 1. The van der Waals surface area contributed by atoms with E-state index < -0.39 is 0 Å². The van der Waals surface area contributed by atoms with Crippen LogP contribution in [0.25, 0.3) is 11.5 Å². The van der Waals surface area contributed by atoms with Gasteiger partial charge in [-0.3, -0.25) is 4.98 Å². The highest BCUT2D eigenvalue weighted by Gasteiger charge is 2.30. The lowest BCUT2D eigenvalue weighted by Crippen LogP contribution is -2.20. The SMILES string of the molecule is CC(C)(C)c1nc(-c2cc(OC3CCCCC3)c(C3CC3)cn2)no1. The van der Waals surface area contributed by atoms with Crippen LogP contribution in [-0.4, -0.2) is 21.2 Å². The van der Waals surface area contributed by atoms with Crippen molar-refractivity contribution in [3.8, 4) is 17.3 Å². The van der Waals surface area contributed by atoms with Crippen LogP contribution in [-0.2, 0) is 5.41 Å². The Kier molecular flexibility index (Phi) is 4.26. The predicted molar refractivity (Wildman–Crippen MR) is 95.7 cm³/mol. The smallest absolute Gasteiger partial charge is 0.232 e. The summed E-state index contributed by atoms with van der Waals surface area (Å²) in [6.07, 6.45) is 10.9. The maximum atomic E-state index is 6.40. The second-order valence-electron chi connectivity index (χ2n) is 8.43. The summed E-state index contributed by atoms with van der Waals surface area (Å²) in [7, 11) is 0. The fraction of sp³-hybridized carbons (Fsp3) is 0.650. The van der Waals surface area contributed by atoms with Gasteiger partial charge in [0.05, 0.1) is 6.10 Å². The van der Waals surface area contributed by atoms with Crippen LogP contribution >= 0.6 is 0 Å². The molecule has 2 aliphatic rings. The maximum Gasteiger partial charge on any atom is 0.232 e. The Morgan fingerprint density at radius 1 is 1.08 bits per heavy atom. The average Bonchev–Trinajstić information content (AvgIpc) is 3.30. The summed E-state index contributed by atoms with van der Waals surface area (Å²) >= 11 is 0. The van der Waals surface area contributed by atoms with Crippen molar-refractivity contribution >= 4 is 0 Å². The van der Waals surface area contributed by atoms with Gasteiger partial charge in [0.15, 0.2) is 0 Å². The van der Waals surface area contributed by atoms with Crippen molar-refractivity contribution in [1.82, 2.24) is 15.1 Å². The Morgan fingerprint density at radius 2 is 1.84 bits per heavy atom. The van der Waals surface area contributed by atoms with Crippen LogP contribution in [0.2, 0.25) is 0 Å². The molecule has 0 spiro atoms. The standard InChI is InChI=1S/C20H27N3O2/c1-20(2,3)19-22-18(23-25-19)16-11-17(15(12-21-16)13-9-10-13)24-14-7-5-4-6-8-14/h11-14H,4-10H2,1-3H3. The van der Waals surface area contributed by atoms with Crippen LogP contribution < -0.4 is 4.74 Å². The topological polar surface area (TPSA) is 61.0 Å². The molecule has 4 rings (SSSR count). The number of rotatable bonds is 4. The predicted octanol–water partition coefficient (Wildman–Crippen LogP) is 5.02. The number of hydrogen-bond donors (Lipinski definition) is 0. The zero-order valence-corrected chi connectivity index (χ0v) is 15.4. The molecule has 2 aromatic heterocycles. The molecule has 2 heterocycles. The van der Waals surface area contributed by atoms with E-state index in [1.165, 1.54) is 37.7 Å². The highest BCUT2D eigenvalue weighted by molar-refractivity contribution is 5.54. The van der Waals surface area contributed by atoms with Gasteiger partial charge < -0.3 is 9.26 Å². The van der Waals surface area contributed by atoms with Crippen molar-refractivity contribution < 1.29 is 9.26 Å². The largest absolute Gasteiger partial charge is 0.490 e. The number of aromatic nitrogens is 3. The molecule has 0 bridgehead atoms. The van der Waals surface area contributed by atoms with E-state index in [9.17, 15) is 0 Å². The Morgan fingerprint density at radius 3 is 2.48 bits per heavy atom. The first-order chi connectivity index (χ1) is 12.0. The normalized spacial score (nSPS) is 19.2. The summed E-state index contributed by atoms with van der Waals surface area (Å²) in [4.78, 5) is 9.13. The molecule has 0 radical (unpaired) electrons. The van der Waals surface area contributed by atoms with E-state index >= 15 is 0 Å². The second kappa shape index (κ2) is 6.43. The highest BCUT2D eigenvalue weighted by atomic mass is 16.5. The number of nitrogens with zero attached hydrogens (tertiary/aromatic N) is 3. The van der Waals surface area contributed by atoms with Crippen LogP contribution in [0.15, 0.2) is 16.8 Å². The van der Waals surface area contributed by atoms with E-state index in [0.717, 1.165) is 24.3 Å². The van der Waals surface area contributed by atoms with Gasteiger partial charge in [-0.15, -0.1) is 0 Å². The quantitative estimate of drug-likeness (QED) is 0.781. The number of hydrogen-bond acceptors (Lipinski definition) is 5. The fourth-order valence-corrected chi connectivity index (χ4v) is 3.37. The molecule has 0 atom stereocenters. The molecule has 2 fully saturated rings. The summed E-state index contributed by atoms with van der Waals surface area (Å²) in [6, 6.07) is 2.01. The minimum Gasteiger partial charge on any atom is -0.490 e. The van der Waals surface area contributed by atoms with Crippen molar-refractivity contribution in [2.24, 2.45) is 0 Å². The third-order valence-electron chi connectivity index (χ3n) is 5.05. The summed E-state index contributed by atoms with van der Waals surface area (Å²) < 4.78 is 11.8. The molecule has 5 nitrogen and oxygen atoms in total. The molecule has 25 heavy (non-hydrogen) atoms. The Bertz CT molecular complexity index is 738. The summed E-state index contributed by atoms with van der Waals surface area (Å²) in [5, 5.41) is 4.13. The molecule has 0 amide bonds. The fourth-order valence-electron chi connectivity index (χ4n) is 3.37. The zero-order chi connectivity index (χ0) is 17.4. The molecule has 134 valence electrons. The van der Waals surface area contributed by atoms with E-state index in [4.69, 9.17) is 9.26 Å². The van der Waals surface area contributed by atoms with Crippen LogP contribution in [0, 0.1) is 0 Å². The third-order valence-corrected chi connectivity index (χ3v) is 5.05. The molecule has 0 aromatic carbocycles. The molecule has 0 unspecified atom stereocenters. The van der Waals surface area contributed by atoms with Crippen LogP contribution in [0.3, 0.4) is 0 Å². The minimum atomic E-state index is -0.166. The van der Waals surface area contributed by atoms with Crippen molar-refractivity contribution in [2.45, 2.75) is 83.2 Å². The van der Waals surface area contributed by atoms with Gasteiger partial charge in [-0.25, -0.2) is 0 Å². The van der Waals surface area contributed by atoms with Gasteiger partial charge in [-0.05, 0) is 44.4 Å². The Hall–Kier alpha value is -1.91. The number of ether oxygens (including phenoxy) is 1. The molecule has 0 aliphatic heterocycles. The Labute approximate surface area is 149 Å². The van der Waals surface area contributed by atoms with Gasteiger partial charge in [0.2, 0.25) is 11.7 Å². The minimum absolute atomic E-state index is 0.166. The van der Waals surface area contributed by atoms with Crippen molar-refractivity contribution in [2.75, 3.05) is 0 Å². The van der Waals surface area contributed by atoms with E-state index in [1.54, 1.807) is 0 Å². The molecular weight excluding hydrogens is 314 g/mol. The van der Waals surface area contributed by atoms with E-state index in [1.807, 2.05) is 12.3 Å². The Balaban J connectivity index is 1.62. The van der Waals surface area contributed by atoms with Gasteiger partial charge >= 0.3 is 0 Å². The highest BCUT2D eigenvalue weighted by Crippen LogP contribution is 2.45. The van der Waals surface area contributed by atoms with Gasteiger partial charge in [0, 0.05) is 23.2 Å². The van der Waals surface area contributed by atoms with Crippen molar-refractivity contribution in [3.63, 3.8) is 0 Å². The summed E-state index contributed by atoms with van der Waals surface area (Å²) in [6.45, 7) is 6.18. The molecule has 0 N–H and O–H groups in total. The van der Waals surface area contributed by atoms with E-state index in [2.05, 4.69) is 35.9 Å². The first-order valence-electron chi connectivity index (χ1n) is 9.52. The molecule has 2 aliphatic carbocycles. The van der Waals surface area contributed by atoms with Crippen molar-refractivity contribution in [3.05, 3.63) is 23.7 Å². The zero-order valence-electron chi connectivity index (χ0n) is 15.4. The van der Waals surface area contributed by atoms with Gasteiger partial charge in [-0.2, -0.15) is 4.98 Å². The monoisotopic (exact) mass is 341 g/mol. The van der Waals surface area contributed by atoms with Crippen LogP contribution in [0.4, 0.5) is 0 Å². The maximum absolute atomic E-state index is 6.40. The van der Waals surface area contributed by atoms with Gasteiger partial charge in [-0.1, -0.05) is 32.3 Å². The molecular formula is C20H27N3O2. The van der Waals surface area contributed by atoms with Crippen LogP contribution in [0.5, 0.6) is 5.75 Å². The van der Waals surface area contributed by atoms with Crippen LogP contribution in [0.1, 0.15) is 83.1 Å². The van der Waals surface area contributed by atoms with Crippen molar-refractivity contribution in [1.29, 1.82) is 0 Å². The molecule has 5 heteroatoms. The third kappa shape index (κ3) is 3.70. The molecule has 0 saturated heterocycles. The first-order valence-corrected chi connectivity index (χ1v) is 9.52. The lowest BCUT2D eigenvalue weighted by Gasteiger charge is -2.24. The van der Waals surface area contributed by atoms with Gasteiger partial charge in [0.25, 0.3) is 0 Å². The lowest BCUT2D eigenvalue weighted by molar-refractivity contribution is 0.153. The second-order valence-corrected chi connectivity index (χ2v) is 8.43. The first kappa shape index (κ1) is 16.6. The van der Waals surface area contributed by atoms with E-state index in [0.29, 0.717) is 23.7 Å². The summed E-state index contributed by atoms with van der Waals surface area (Å²) in [5.41, 5.74) is 1.81.